The molecule has 0 fully saturated rings. The molecule has 5 rings (SSSR count). The van der Waals surface area contributed by atoms with Crippen molar-refractivity contribution in [1.29, 1.82) is 0 Å². The SMILES string of the molecule is O=C(COc1ccc(Cl)cc1)NCCc1nc2ccccc2n1Cc1cccc2ccccc12. The van der Waals surface area contributed by atoms with Gasteiger partial charge in [-0.05, 0) is 52.7 Å². The standard InChI is InChI=1S/C28H24ClN3O2/c29-22-12-14-23(15-13-22)34-19-28(33)30-17-16-27-31-25-10-3-4-11-26(25)32(27)18-21-8-5-7-20-6-1-2-9-24(20)21/h1-15H,16-19H2,(H,30,33). The van der Waals surface area contributed by atoms with E-state index in [-0.39, 0.29) is 12.5 Å². The van der Waals surface area contributed by atoms with Crippen LogP contribution in [0.2, 0.25) is 5.02 Å². The summed E-state index contributed by atoms with van der Waals surface area (Å²) in [5.74, 6) is 1.37. The number of hydrogen-bond donors (Lipinski definition) is 1. The quantitative estimate of drug-likeness (QED) is 0.320. The minimum absolute atomic E-state index is 0.0476. The zero-order valence-electron chi connectivity index (χ0n) is 18.6. The number of imidazole rings is 1. The Morgan fingerprint density at radius 3 is 2.56 bits per heavy atom. The van der Waals surface area contributed by atoms with Crippen molar-refractivity contribution in [2.75, 3.05) is 13.2 Å². The van der Waals surface area contributed by atoms with Gasteiger partial charge in [-0.15, -0.1) is 0 Å². The maximum absolute atomic E-state index is 12.3. The van der Waals surface area contributed by atoms with E-state index in [0.29, 0.717) is 30.3 Å². The second-order valence-electron chi connectivity index (χ2n) is 8.08. The first-order valence-electron chi connectivity index (χ1n) is 11.2. The third-order valence-electron chi connectivity index (χ3n) is 5.80. The summed E-state index contributed by atoms with van der Waals surface area (Å²) in [5, 5.41) is 6.02. The van der Waals surface area contributed by atoms with E-state index in [1.807, 2.05) is 18.2 Å². The van der Waals surface area contributed by atoms with Crippen LogP contribution in [0, 0.1) is 0 Å². The van der Waals surface area contributed by atoms with Gasteiger partial charge in [0.2, 0.25) is 0 Å². The largest absolute Gasteiger partial charge is 0.484 e. The van der Waals surface area contributed by atoms with E-state index < -0.39 is 0 Å². The lowest BCUT2D eigenvalue weighted by molar-refractivity contribution is -0.123. The Hall–Kier alpha value is -3.83. The summed E-state index contributed by atoms with van der Waals surface area (Å²) in [5.41, 5.74) is 3.28. The van der Waals surface area contributed by atoms with E-state index in [2.05, 4.69) is 58.4 Å². The molecule has 0 unspecified atom stereocenters. The Labute approximate surface area is 203 Å². The van der Waals surface area contributed by atoms with E-state index in [1.165, 1.54) is 16.3 Å². The molecule has 5 aromatic rings. The number of hydrogen-bond acceptors (Lipinski definition) is 3. The van der Waals surface area contributed by atoms with Crippen molar-refractivity contribution in [1.82, 2.24) is 14.9 Å². The summed E-state index contributed by atoms with van der Waals surface area (Å²) >= 11 is 5.88. The Morgan fingerprint density at radius 2 is 1.68 bits per heavy atom. The number of carbonyl (C=O) groups is 1. The molecule has 170 valence electrons. The van der Waals surface area contributed by atoms with Crippen LogP contribution in [-0.4, -0.2) is 28.6 Å². The Balaban J connectivity index is 1.29. The second-order valence-corrected chi connectivity index (χ2v) is 8.52. The van der Waals surface area contributed by atoms with Gasteiger partial charge in [0.15, 0.2) is 6.61 Å². The molecule has 0 radical (unpaired) electrons. The molecule has 0 spiro atoms. The van der Waals surface area contributed by atoms with E-state index in [9.17, 15) is 4.79 Å². The maximum Gasteiger partial charge on any atom is 0.257 e. The number of rotatable bonds is 8. The Bertz CT molecular complexity index is 1440. The van der Waals surface area contributed by atoms with Crippen molar-refractivity contribution in [3.63, 3.8) is 0 Å². The van der Waals surface area contributed by atoms with Gasteiger partial charge in [0.05, 0.1) is 11.0 Å². The van der Waals surface area contributed by atoms with E-state index in [0.717, 1.165) is 16.9 Å². The molecule has 4 aromatic carbocycles. The zero-order valence-corrected chi connectivity index (χ0v) is 19.3. The molecule has 6 heteroatoms. The van der Waals surface area contributed by atoms with Crippen molar-refractivity contribution in [2.45, 2.75) is 13.0 Å². The summed E-state index contributed by atoms with van der Waals surface area (Å²) in [6, 6.07) is 29.9. The van der Waals surface area contributed by atoms with Crippen LogP contribution >= 0.6 is 11.6 Å². The summed E-state index contributed by atoms with van der Waals surface area (Å²) in [4.78, 5) is 17.1. The highest BCUT2D eigenvalue weighted by Gasteiger charge is 2.13. The molecule has 0 aliphatic heterocycles. The van der Waals surface area contributed by atoms with Crippen LogP contribution in [0.15, 0.2) is 91.0 Å². The predicted molar refractivity (Wildman–Crippen MR) is 136 cm³/mol. The van der Waals surface area contributed by atoms with Gasteiger partial charge in [0.1, 0.15) is 11.6 Å². The number of halogens is 1. The molecule has 0 aliphatic carbocycles. The first-order chi connectivity index (χ1) is 16.7. The second kappa shape index (κ2) is 9.98. The van der Waals surface area contributed by atoms with Crippen LogP contribution < -0.4 is 10.1 Å². The smallest absolute Gasteiger partial charge is 0.257 e. The highest BCUT2D eigenvalue weighted by Crippen LogP contribution is 2.23. The first kappa shape index (κ1) is 22.0. The number of nitrogens with zero attached hydrogens (tertiary/aromatic N) is 2. The summed E-state index contributed by atoms with van der Waals surface area (Å²) in [7, 11) is 0. The topological polar surface area (TPSA) is 56.1 Å². The molecule has 0 saturated heterocycles. The molecule has 1 heterocycles. The minimum atomic E-state index is -0.174. The number of aromatic nitrogens is 2. The van der Waals surface area contributed by atoms with Crippen LogP contribution in [-0.2, 0) is 17.8 Å². The highest BCUT2D eigenvalue weighted by molar-refractivity contribution is 6.30. The molecular formula is C28H24ClN3O2. The summed E-state index contributed by atoms with van der Waals surface area (Å²) in [6.45, 7) is 1.14. The molecule has 1 N–H and O–H groups in total. The van der Waals surface area contributed by atoms with Crippen LogP contribution in [0.25, 0.3) is 21.8 Å². The van der Waals surface area contributed by atoms with Gasteiger partial charge < -0.3 is 14.6 Å². The molecule has 1 aromatic heterocycles. The molecular weight excluding hydrogens is 446 g/mol. The van der Waals surface area contributed by atoms with Gasteiger partial charge in [0, 0.05) is 24.5 Å². The number of para-hydroxylation sites is 2. The molecule has 34 heavy (non-hydrogen) atoms. The maximum atomic E-state index is 12.3. The van der Waals surface area contributed by atoms with Crippen molar-refractivity contribution >= 4 is 39.3 Å². The fourth-order valence-corrected chi connectivity index (χ4v) is 4.26. The van der Waals surface area contributed by atoms with Gasteiger partial charge in [-0.2, -0.15) is 0 Å². The number of amides is 1. The molecule has 1 amide bonds. The molecule has 0 bridgehead atoms. The van der Waals surface area contributed by atoms with Crippen molar-refractivity contribution < 1.29 is 9.53 Å². The molecule has 0 atom stereocenters. The van der Waals surface area contributed by atoms with Gasteiger partial charge >= 0.3 is 0 Å². The van der Waals surface area contributed by atoms with Crippen LogP contribution in [0.4, 0.5) is 0 Å². The van der Waals surface area contributed by atoms with Crippen LogP contribution in [0.5, 0.6) is 5.75 Å². The van der Waals surface area contributed by atoms with Crippen molar-refractivity contribution in [3.8, 4) is 5.75 Å². The fourth-order valence-electron chi connectivity index (χ4n) is 4.14. The number of fused-ring (bicyclic) bond motifs is 2. The van der Waals surface area contributed by atoms with Crippen molar-refractivity contribution in [3.05, 3.63) is 107 Å². The van der Waals surface area contributed by atoms with Crippen LogP contribution in [0.3, 0.4) is 0 Å². The molecule has 0 saturated carbocycles. The molecule has 0 aliphatic rings. The van der Waals surface area contributed by atoms with Gasteiger partial charge in [-0.1, -0.05) is 66.2 Å². The lowest BCUT2D eigenvalue weighted by Gasteiger charge is -2.12. The van der Waals surface area contributed by atoms with E-state index in [4.69, 9.17) is 21.3 Å². The average molecular weight is 470 g/mol. The Kier molecular flexibility index (Phi) is 6.45. The summed E-state index contributed by atoms with van der Waals surface area (Å²) in [6.07, 6.45) is 0.617. The predicted octanol–water partition coefficient (Wildman–Crippen LogP) is 5.63. The number of benzene rings is 4. The monoisotopic (exact) mass is 469 g/mol. The third-order valence-corrected chi connectivity index (χ3v) is 6.05. The lowest BCUT2D eigenvalue weighted by Crippen LogP contribution is -2.31. The number of carbonyl (C=O) groups excluding carboxylic acids is 1. The fraction of sp³-hybridized carbons (Fsp3) is 0.143. The van der Waals surface area contributed by atoms with Gasteiger partial charge in [-0.25, -0.2) is 4.98 Å². The lowest BCUT2D eigenvalue weighted by atomic mass is 10.0. The van der Waals surface area contributed by atoms with Gasteiger partial charge in [0.25, 0.3) is 5.91 Å². The normalized spacial score (nSPS) is 11.1. The van der Waals surface area contributed by atoms with Gasteiger partial charge in [-0.3, -0.25) is 4.79 Å². The summed E-state index contributed by atoms with van der Waals surface area (Å²) < 4.78 is 7.77. The van der Waals surface area contributed by atoms with E-state index in [1.54, 1.807) is 24.3 Å². The third kappa shape index (κ3) is 4.90. The van der Waals surface area contributed by atoms with Crippen LogP contribution in [0.1, 0.15) is 11.4 Å². The average Bonchev–Trinajstić information content (AvgIpc) is 3.21. The van der Waals surface area contributed by atoms with Crippen molar-refractivity contribution in [2.24, 2.45) is 0 Å². The number of nitrogens with one attached hydrogen (secondary N) is 1. The zero-order chi connectivity index (χ0) is 23.3. The Morgan fingerprint density at radius 1 is 0.912 bits per heavy atom. The molecule has 5 nitrogen and oxygen atoms in total. The number of ether oxygens (including phenoxy) is 1. The first-order valence-corrected chi connectivity index (χ1v) is 11.6. The highest BCUT2D eigenvalue weighted by atomic mass is 35.5. The van der Waals surface area contributed by atoms with E-state index >= 15 is 0 Å². The minimum Gasteiger partial charge on any atom is -0.484 e.